The van der Waals surface area contributed by atoms with E-state index in [1.807, 2.05) is 7.05 Å². The quantitative estimate of drug-likeness (QED) is 0.609. The predicted molar refractivity (Wildman–Crippen MR) is 63.2 cm³/mol. The van der Waals surface area contributed by atoms with E-state index in [4.69, 9.17) is 5.11 Å². The largest absolute Gasteiger partial charge is 0.476 e. The van der Waals surface area contributed by atoms with Crippen molar-refractivity contribution in [3.8, 4) is 0 Å². The molecule has 1 heterocycles. The van der Waals surface area contributed by atoms with E-state index in [0.29, 0.717) is 6.54 Å². The van der Waals surface area contributed by atoms with Crippen LogP contribution in [-0.2, 0) is 11.3 Å². The molecule has 0 fully saturated rings. The first-order valence-electron chi connectivity index (χ1n) is 5.56. The number of carbonyl (C=O) groups excluding carboxylic acids is 1. The lowest BCUT2D eigenvalue weighted by atomic mass is 10.4. The van der Waals surface area contributed by atoms with Crippen molar-refractivity contribution in [3.05, 3.63) is 11.9 Å². The Morgan fingerprint density at radius 1 is 1.56 bits per heavy atom. The molecule has 8 heteroatoms. The second-order valence-corrected chi connectivity index (χ2v) is 3.88. The van der Waals surface area contributed by atoms with E-state index in [1.165, 1.54) is 10.9 Å². The van der Waals surface area contributed by atoms with Crippen molar-refractivity contribution < 1.29 is 14.7 Å². The summed E-state index contributed by atoms with van der Waals surface area (Å²) in [5, 5.41) is 18.7. The lowest BCUT2D eigenvalue weighted by Gasteiger charge is -2.16. The number of rotatable bonds is 7. The molecule has 1 aromatic heterocycles. The topological polar surface area (TPSA) is 100 Å². The van der Waals surface area contributed by atoms with Crippen molar-refractivity contribution in [3.63, 3.8) is 0 Å². The van der Waals surface area contributed by atoms with Gasteiger partial charge in [0.1, 0.15) is 6.54 Å². The first-order chi connectivity index (χ1) is 8.54. The highest BCUT2D eigenvalue weighted by molar-refractivity contribution is 5.84. The molecule has 0 aliphatic heterocycles. The summed E-state index contributed by atoms with van der Waals surface area (Å²) in [5.74, 6) is -1.29. The minimum Gasteiger partial charge on any atom is -0.476 e. The third-order valence-electron chi connectivity index (χ3n) is 2.40. The predicted octanol–water partition coefficient (Wildman–Crippen LogP) is -0.956. The normalized spacial score (nSPS) is 10.3. The zero-order valence-electron chi connectivity index (χ0n) is 10.5. The van der Waals surface area contributed by atoms with Crippen LogP contribution in [0.1, 0.15) is 16.9 Å². The number of aromatic carboxylic acids is 1. The molecule has 0 saturated carbocycles. The maximum Gasteiger partial charge on any atom is 0.358 e. The van der Waals surface area contributed by atoms with Crippen LogP contribution >= 0.6 is 0 Å². The van der Waals surface area contributed by atoms with Gasteiger partial charge in [-0.25, -0.2) is 9.48 Å². The molecule has 0 aliphatic rings. The average molecular weight is 255 g/mol. The highest BCUT2D eigenvalue weighted by Crippen LogP contribution is 1.95. The number of hydrogen-bond acceptors (Lipinski definition) is 5. The van der Waals surface area contributed by atoms with E-state index in [9.17, 15) is 9.59 Å². The van der Waals surface area contributed by atoms with Gasteiger partial charge in [-0.05, 0) is 20.0 Å². The summed E-state index contributed by atoms with van der Waals surface area (Å²) in [6.07, 6.45) is 2.10. The number of hydrogen-bond donors (Lipinski definition) is 2. The standard InChI is InChI=1S/C10H17N5O3/c1-11-4-3-5-14(2)9(16)7-15-6-8(10(17)18)12-13-15/h6,11H,3-5,7H2,1-2H3,(H,17,18). The molecule has 0 unspecified atom stereocenters. The van der Waals surface area contributed by atoms with Gasteiger partial charge in [0.2, 0.25) is 5.91 Å². The molecule has 0 bridgehead atoms. The fourth-order valence-corrected chi connectivity index (χ4v) is 1.35. The van der Waals surface area contributed by atoms with Crippen LogP contribution in [0.4, 0.5) is 0 Å². The van der Waals surface area contributed by atoms with Crippen LogP contribution in [0.5, 0.6) is 0 Å². The Hall–Kier alpha value is -1.96. The second kappa shape index (κ2) is 6.70. The fraction of sp³-hybridized carbons (Fsp3) is 0.600. The first-order valence-corrected chi connectivity index (χ1v) is 5.56. The summed E-state index contributed by atoms with van der Waals surface area (Å²) in [6, 6.07) is 0. The Morgan fingerprint density at radius 3 is 2.83 bits per heavy atom. The van der Waals surface area contributed by atoms with E-state index in [1.54, 1.807) is 11.9 Å². The summed E-state index contributed by atoms with van der Waals surface area (Å²) < 4.78 is 1.22. The first kappa shape index (κ1) is 14.1. The highest BCUT2D eigenvalue weighted by atomic mass is 16.4. The van der Waals surface area contributed by atoms with Crippen molar-refractivity contribution >= 4 is 11.9 Å². The zero-order chi connectivity index (χ0) is 13.5. The zero-order valence-corrected chi connectivity index (χ0v) is 10.5. The molecule has 1 aromatic rings. The van der Waals surface area contributed by atoms with Gasteiger partial charge < -0.3 is 15.3 Å². The molecule has 18 heavy (non-hydrogen) atoms. The van der Waals surface area contributed by atoms with Crippen LogP contribution in [-0.4, -0.2) is 64.1 Å². The Bertz CT molecular complexity index is 417. The van der Waals surface area contributed by atoms with Gasteiger partial charge in [-0.2, -0.15) is 0 Å². The van der Waals surface area contributed by atoms with Crippen molar-refractivity contribution in [1.29, 1.82) is 0 Å². The molecule has 0 atom stereocenters. The minimum absolute atomic E-state index is 0.00364. The fourth-order valence-electron chi connectivity index (χ4n) is 1.35. The van der Waals surface area contributed by atoms with E-state index in [-0.39, 0.29) is 18.1 Å². The molecule has 100 valence electrons. The Labute approximate surface area is 105 Å². The SMILES string of the molecule is CNCCCN(C)C(=O)Cn1cc(C(=O)O)nn1. The molecule has 8 nitrogen and oxygen atoms in total. The Morgan fingerprint density at radius 2 is 2.28 bits per heavy atom. The van der Waals surface area contributed by atoms with Gasteiger partial charge in [-0.3, -0.25) is 4.79 Å². The Kier molecular flexibility index (Phi) is 5.25. The molecule has 0 spiro atoms. The molecule has 0 radical (unpaired) electrons. The Balaban J connectivity index is 2.45. The van der Waals surface area contributed by atoms with Crippen molar-refractivity contribution in [2.45, 2.75) is 13.0 Å². The van der Waals surface area contributed by atoms with Gasteiger partial charge in [-0.15, -0.1) is 5.10 Å². The number of amides is 1. The lowest BCUT2D eigenvalue weighted by Crippen LogP contribution is -2.32. The van der Waals surface area contributed by atoms with E-state index in [2.05, 4.69) is 15.6 Å². The van der Waals surface area contributed by atoms with Crippen LogP contribution in [0.3, 0.4) is 0 Å². The van der Waals surface area contributed by atoms with Crippen molar-refractivity contribution in [1.82, 2.24) is 25.2 Å². The summed E-state index contributed by atoms with van der Waals surface area (Å²) in [5.41, 5.74) is -0.166. The van der Waals surface area contributed by atoms with E-state index >= 15 is 0 Å². The van der Waals surface area contributed by atoms with Gasteiger partial charge in [0.05, 0.1) is 6.20 Å². The lowest BCUT2D eigenvalue weighted by molar-refractivity contribution is -0.130. The number of nitrogens with zero attached hydrogens (tertiary/aromatic N) is 4. The summed E-state index contributed by atoms with van der Waals surface area (Å²) >= 11 is 0. The molecule has 0 saturated heterocycles. The van der Waals surface area contributed by atoms with E-state index in [0.717, 1.165) is 13.0 Å². The molecule has 1 amide bonds. The van der Waals surface area contributed by atoms with Crippen LogP contribution in [0.25, 0.3) is 0 Å². The number of carboxylic acid groups (broad SMARTS) is 1. The number of carbonyl (C=O) groups is 2. The second-order valence-electron chi connectivity index (χ2n) is 3.88. The average Bonchev–Trinajstić information content (AvgIpc) is 2.77. The summed E-state index contributed by atoms with van der Waals surface area (Å²) in [4.78, 5) is 23.9. The van der Waals surface area contributed by atoms with Crippen LogP contribution < -0.4 is 5.32 Å². The third kappa shape index (κ3) is 4.13. The van der Waals surface area contributed by atoms with Gasteiger partial charge in [0.15, 0.2) is 5.69 Å². The smallest absolute Gasteiger partial charge is 0.358 e. The highest BCUT2D eigenvalue weighted by Gasteiger charge is 2.13. The van der Waals surface area contributed by atoms with Crippen LogP contribution in [0.15, 0.2) is 6.20 Å². The number of aromatic nitrogens is 3. The number of carboxylic acids is 1. The van der Waals surface area contributed by atoms with Crippen LogP contribution in [0, 0.1) is 0 Å². The van der Waals surface area contributed by atoms with Crippen molar-refractivity contribution in [2.24, 2.45) is 0 Å². The minimum atomic E-state index is -1.16. The molecular formula is C10H17N5O3. The molecular weight excluding hydrogens is 238 g/mol. The summed E-state index contributed by atoms with van der Waals surface area (Å²) in [6.45, 7) is 1.47. The maximum absolute atomic E-state index is 11.8. The van der Waals surface area contributed by atoms with Gasteiger partial charge in [0.25, 0.3) is 0 Å². The monoisotopic (exact) mass is 255 g/mol. The summed E-state index contributed by atoms with van der Waals surface area (Å²) in [7, 11) is 3.55. The number of likely N-dealkylation sites (N-methyl/N-ethyl adjacent to an activating group) is 1. The molecule has 0 aromatic carbocycles. The van der Waals surface area contributed by atoms with E-state index < -0.39 is 5.97 Å². The van der Waals surface area contributed by atoms with Gasteiger partial charge in [-0.1, -0.05) is 5.21 Å². The van der Waals surface area contributed by atoms with Gasteiger partial charge >= 0.3 is 5.97 Å². The third-order valence-corrected chi connectivity index (χ3v) is 2.40. The van der Waals surface area contributed by atoms with Gasteiger partial charge in [0, 0.05) is 13.6 Å². The van der Waals surface area contributed by atoms with Crippen molar-refractivity contribution in [2.75, 3.05) is 27.2 Å². The van der Waals surface area contributed by atoms with Crippen LogP contribution in [0.2, 0.25) is 0 Å². The molecule has 2 N–H and O–H groups in total. The number of nitrogens with one attached hydrogen (secondary N) is 1. The maximum atomic E-state index is 11.8. The molecule has 1 rings (SSSR count). The molecule has 0 aliphatic carbocycles.